The van der Waals surface area contributed by atoms with Crippen LogP contribution in [0.5, 0.6) is 0 Å². The molecule has 4 bridgehead atoms. The van der Waals surface area contributed by atoms with E-state index in [1.807, 2.05) is 0 Å². The van der Waals surface area contributed by atoms with Gasteiger partial charge in [-0.05, 0) is 63.2 Å². The number of aliphatic carboxylic acids is 1. The van der Waals surface area contributed by atoms with Crippen LogP contribution in [-0.4, -0.2) is 24.0 Å². The molecule has 0 aromatic carbocycles. The van der Waals surface area contributed by atoms with Crippen LogP contribution in [-0.2, 0) is 14.3 Å². The Morgan fingerprint density at radius 3 is 1.95 bits per heavy atom. The minimum Gasteiger partial charge on any atom is -0.544 e. The molecule has 4 rings (SSSR count). The molecular formula is C15H19F2O4-. The summed E-state index contributed by atoms with van der Waals surface area (Å²) in [6, 6.07) is 0. The lowest BCUT2D eigenvalue weighted by Gasteiger charge is -2.55. The second-order valence-corrected chi connectivity index (χ2v) is 7.16. The zero-order chi connectivity index (χ0) is 15.4. The highest BCUT2D eigenvalue weighted by atomic mass is 19.3. The molecule has 4 aliphatic carbocycles. The van der Waals surface area contributed by atoms with Crippen LogP contribution < -0.4 is 5.11 Å². The van der Waals surface area contributed by atoms with Gasteiger partial charge in [0.15, 0.2) is 6.10 Å². The Kier molecular flexibility index (Phi) is 3.26. The minimum atomic E-state index is -4.15. The normalized spacial score (nSPS) is 39.1. The van der Waals surface area contributed by atoms with Gasteiger partial charge in [-0.1, -0.05) is 0 Å². The van der Waals surface area contributed by atoms with Crippen LogP contribution >= 0.6 is 0 Å². The van der Waals surface area contributed by atoms with Crippen molar-refractivity contribution in [2.24, 2.45) is 23.2 Å². The molecule has 1 unspecified atom stereocenters. The van der Waals surface area contributed by atoms with Gasteiger partial charge >= 0.3 is 11.9 Å². The number of ether oxygens (including phenoxy) is 1. The van der Waals surface area contributed by atoms with Gasteiger partial charge in [0.25, 0.3) is 0 Å². The lowest BCUT2D eigenvalue weighted by atomic mass is 9.49. The number of carboxylic acids is 1. The number of esters is 1. The molecule has 4 fully saturated rings. The smallest absolute Gasteiger partial charge is 0.322 e. The van der Waals surface area contributed by atoms with E-state index in [1.165, 1.54) is 0 Å². The molecule has 0 heterocycles. The first kappa shape index (κ1) is 14.7. The Morgan fingerprint density at radius 1 is 1.14 bits per heavy atom. The van der Waals surface area contributed by atoms with Crippen molar-refractivity contribution in [3.05, 3.63) is 0 Å². The van der Waals surface area contributed by atoms with Crippen LogP contribution in [0.2, 0.25) is 0 Å². The summed E-state index contributed by atoms with van der Waals surface area (Å²) in [5, 5.41) is 10.4. The van der Waals surface area contributed by atoms with Crippen molar-refractivity contribution >= 4 is 11.9 Å². The summed E-state index contributed by atoms with van der Waals surface area (Å²) < 4.78 is 31.5. The summed E-state index contributed by atoms with van der Waals surface area (Å²) in [5.41, 5.74) is -0.662. The highest BCUT2D eigenvalue weighted by Gasteiger charge is 2.56. The first-order valence-electron chi connectivity index (χ1n) is 7.53. The molecule has 4 aliphatic rings. The van der Waals surface area contributed by atoms with Crippen molar-refractivity contribution in [2.75, 3.05) is 0 Å². The number of carbonyl (C=O) groups excluding carboxylic acids is 2. The fourth-order valence-corrected chi connectivity index (χ4v) is 4.89. The van der Waals surface area contributed by atoms with E-state index in [0.717, 1.165) is 26.2 Å². The highest BCUT2D eigenvalue weighted by molar-refractivity contribution is 5.79. The molecule has 0 N–H and O–H groups in total. The molecule has 0 radical (unpaired) electrons. The monoisotopic (exact) mass is 301 g/mol. The van der Waals surface area contributed by atoms with E-state index in [2.05, 4.69) is 0 Å². The number of halogens is 2. The van der Waals surface area contributed by atoms with Crippen LogP contribution in [0.1, 0.15) is 45.4 Å². The van der Waals surface area contributed by atoms with Crippen molar-refractivity contribution < 1.29 is 28.2 Å². The summed E-state index contributed by atoms with van der Waals surface area (Å²) in [5.74, 6) is -5.84. The summed E-state index contributed by atoms with van der Waals surface area (Å²) in [6.07, 6.45) is 3.46. The summed E-state index contributed by atoms with van der Waals surface area (Å²) in [4.78, 5) is 22.8. The molecule has 0 amide bonds. The molecule has 0 aliphatic heterocycles. The quantitative estimate of drug-likeness (QED) is 0.738. The first-order chi connectivity index (χ1) is 9.73. The molecule has 21 heavy (non-hydrogen) atoms. The molecule has 0 aromatic rings. The van der Waals surface area contributed by atoms with E-state index in [0.29, 0.717) is 37.0 Å². The van der Waals surface area contributed by atoms with E-state index in [1.54, 1.807) is 0 Å². The maximum absolute atomic E-state index is 13.3. The molecule has 6 heteroatoms. The van der Waals surface area contributed by atoms with Crippen molar-refractivity contribution in [3.63, 3.8) is 0 Å². The third-order valence-corrected chi connectivity index (χ3v) is 5.54. The number of carboxylic acid groups (broad SMARTS) is 1. The van der Waals surface area contributed by atoms with Gasteiger partial charge in [0.2, 0.25) is 0 Å². The summed E-state index contributed by atoms with van der Waals surface area (Å²) >= 11 is 0. The van der Waals surface area contributed by atoms with Crippen LogP contribution in [0, 0.1) is 23.2 Å². The maximum atomic E-state index is 13.3. The van der Waals surface area contributed by atoms with Crippen LogP contribution in [0.25, 0.3) is 0 Å². The zero-order valence-electron chi connectivity index (χ0n) is 11.9. The number of carbonyl (C=O) groups is 2. The maximum Gasteiger partial charge on any atom is 0.322 e. The average molecular weight is 301 g/mol. The molecule has 0 aromatic heterocycles. The van der Waals surface area contributed by atoms with Gasteiger partial charge in [-0.15, -0.1) is 0 Å². The topological polar surface area (TPSA) is 66.4 Å². The molecule has 4 saturated carbocycles. The average Bonchev–Trinajstić information content (AvgIpc) is 2.36. The van der Waals surface area contributed by atoms with Gasteiger partial charge in [-0.2, -0.15) is 8.78 Å². The minimum absolute atomic E-state index is 0.487. The predicted octanol–water partition coefficient (Wildman–Crippen LogP) is 1.52. The number of hydrogen-bond acceptors (Lipinski definition) is 4. The first-order valence-corrected chi connectivity index (χ1v) is 7.53. The molecule has 1 atom stereocenters. The van der Waals surface area contributed by atoms with Crippen LogP contribution in [0.4, 0.5) is 8.78 Å². The van der Waals surface area contributed by atoms with Gasteiger partial charge in [-0.25, -0.2) is 0 Å². The van der Waals surface area contributed by atoms with Gasteiger partial charge in [0.05, 0.1) is 5.41 Å². The van der Waals surface area contributed by atoms with Crippen LogP contribution in [0.3, 0.4) is 0 Å². The second kappa shape index (κ2) is 4.65. The molecule has 0 saturated heterocycles. The number of hydrogen-bond donors (Lipinski definition) is 0. The van der Waals surface area contributed by atoms with Gasteiger partial charge in [0.1, 0.15) is 5.97 Å². The lowest BCUT2D eigenvalue weighted by Crippen LogP contribution is -2.54. The zero-order valence-corrected chi connectivity index (χ0v) is 11.9. The summed E-state index contributed by atoms with van der Waals surface area (Å²) in [7, 11) is 0. The van der Waals surface area contributed by atoms with E-state index >= 15 is 0 Å². The van der Waals surface area contributed by atoms with E-state index in [-0.39, 0.29) is 0 Å². The fraction of sp³-hybridized carbons (Fsp3) is 0.867. The summed E-state index contributed by atoms with van der Waals surface area (Å²) in [6.45, 7) is 0.911. The molecule has 0 spiro atoms. The number of alkyl halides is 2. The van der Waals surface area contributed by atoms with Crippen molar-refractivity contribution in [1.29, 1.82) is 0 Å². The fourth-order valence-electron chi connectivity index (χ4n) is 4.89. The molecular weight excluding hydrogens is 282 g/mol. The van der Waals surface area contributed by atoms with Crippen molar-refractivity contribution in [1.82, 2.24) is 0 Å². The highest BCUT2D eigenvalue weighted by Crippen LogP contribution is 2.60. The Balaban J connectivity index is 1.72. The third-order valence-electron chi connectivity index (χ3n) is 5.54. The van der Waals surface area contributed by atoms with Gasteiger partial charge in [0, 0.05) is 0 Å². The Morgan fingerprint density at radius 2 is 1.57 bits per heavy atom. The SMILES string of the molecule is CC(OC(=O)C12CC3CC(CC(C3)C1)C2)C(F)(F)C(=O)[O-]. The van der Waals surface area contributed by atoms with E-state index in [4.69, 9.17) is 4.74 Å². The Hall–Kier alpha value is -1.20. The van der Waals surface area contributed by atoms with Crippen molar-refractivity contribution in [2.45, 2.75) is 57.5 Å². The second-order valence-electron chi connectivity index (χ2n) is 7.16. The van der Waals surface area contributed by atoms with Gasteiger partial charge < -0.3 is 14.6 Å². The predicted molar refractivity (Wildman–Crippen MR) is 66.1 cm³/mol. The van der Waals surface area contributed by atoms with E-state index < -0.39 is 29.4 Å². The largest absolute Gasteiger partial charge is 0.544 e. The Labute approximate surface area is 121 Å². The molecule has 118 valence electrons. The Bertz CT molecular complexity index is 439. The number of rotatable bonds is 4. The standard InChI is InChI=1S/C15H20F2O4/c1-8(15(16,17)12(18)19)21-13(20)14-5-9-2-10(6-14)4-11(3-9)7-14/h8-11H,2-7H2,1H3,(H,18,19)/p-1. The van der Waals surface area contributed by atoms with Crippen molar-refractivity contribution in [3.8, 4) is 0 Å². The van der Waals surface area contributed by atoms with Gasteiger partial charge in [-0.3, -0.25) is 4.79 Å². The van der Waals surface area contributed by atoms with E-state index in [9.17, 15) is 23.5 Å². The van der Waals surface area contributed by atoms with Crippen LogP contribution in [0.15, 0.2) is 0 Å². The third kappa shape index (κ3) is 2.32. The lowest BCUT2D eigenvalue weighted by molar-refractivity contribution is -0.336. The molecule has 4 nitrogen and oxygen atoms in total.